The van der Waals surface area contributed by atoms with E-state index in [9.17, 15) is 9.59 Å². The number of aliphatic hydroxyl groups excluding tert-OH is 2. The summed E-state index contributed by atoms with van der Waals surface area (Å²) in [5, 5.41) is 26.3. The molecule has 3 N–H and O–H groups in total. The third-order valence-corrected chi connectivity index (χ3v) is 3.83. The van der Waals surface area contributed by atoms with Gasteiger partial charge in [-0.15, -0.1) is 0 Å². The van der Waals surface area contributed by atoms with E-state index in [4.69, 9.17) is 34.3 Å². The van der Waals surface area contributed by atoms with E-state index in [-0.39, 0.29) is 12.0 Å². The molecule has 186 valence electrons. The van der Waals surface area contributed by atoms with Gasteiger partial charge in [-0.05, 0) is 45.4 Å². The molecule has 0 bridgehead atoms. The fourth-order valence-electron chi connectivity index (χ4n) is 2.16. The molecule has 1 atom stereocenters. The molecule has 9 nitrogen and oxygen atoms in total. The SMILES string of the molecule is CCCCCCOC(=O)C(O)CO.CCOC(C)OCC.COc1cc(C=O)ccc1O. The highest BCUT2D eigenvalue weighted by Gasteiger charge is 2.14. The smallest absolute Gasteiger partial charge is 0.337 e. The van der Waals surface area contributed by atoms with E-state index in [1.807, 2.05) is 20.8 Å². The fraction of sp³-hybridized carbons (Fsp3) is 0.652. The first-order valence-corrected chi connectivity index (χ1v) is 10.8. The number of phenolic OH excluding ortho intramolecular Hbond substituents is 1. The Bertz CT molecular complexity index is 587. The van der Waals surface area contributed by atoms with Gasteiger partial charge in [-0.25, -0.2) is 4.79 Å². The maximum Gasteiger partial charge on any atom is 0.337 e. The van der Waals surface area contributed by atoms with Crippen molar-refractivity contribution in [1.29, 1.82) is 0 Å². The molecule has 0 saturated heterocycles. The van der Waals surface area contributed by atoms with E-state index >= 15 is 0 Å². The average Bonchev–Trinajstić information content (AvgIpc) is 2.79. The van der Waals surface area contributed by atoms with Crippen LogP contribution in [0.5, 0.6) is 11.5 Å². The Balaban J connectivity index is 0. The molecule has 1 aromatic carbocycles. The Morgan fingerprint density at radius 1 is 1.09 bits per heavy atom. The van der Waals surface area contributed by atoms with Gasteiger partial charge >= 0.3 is 5.97 Å². The van der Waals surface area contributed by atoms with Gasteiger partial charge in [-0.2, -0.15) is 0 Å². The molecule has 0 radical (unpaired) electrons. The Hall–Kier alpha value is -2.20. The van der Waals surface area contributed by atoms with Crippen molar-refractivity contribution in [2.75, 3.05) is 33.5 Å². The molecule has 0 aliphatic heterocycles. The predicted molar refractivity (Wildman–Crippen MR) is 121 cm³/mol. The zero-order valence-electron chi connectivity index (χ0n) is 19.9. The van der Waals surface area contributed by atoms with Gasteiger partial charge in [-0.3, -0.25) is 4.79 Å². The first kappa shape index (κ1) is 32.0. The zero-order chi connectivity index (χ0) is 24.8. The largest absolute Gasteiger partial charge is 0.504 e. The van der Waals surface area contributed by atoms with Crippen LogP contribution >= 0.6 is 0 Å². The summed E-state index contributed by atoms with van der Waals surface area (Å²) in [5.74, 6) is -0.383. The van der Waals surface area contributed by atoms with Crippen LogP contribution in [0.15, 0.2) is 18.2 Å². The number of aliphatic hydroxyl groups is 2. The molecule has 0 heterocycles. The number of aromatic hydroxyl groups is 1. The summed E-state index contributed by atoms with van der Waals surface area (Å²) < 4.78 is 19.6. The quantitative estimate of drug-likeness (QED) is 0.176. The number of rotatable bonds is 13. The maximum absolute atomic E-state index is 10.8. The summed E-state index contributed by atoms with van der Waals surface area (Å²) in [4.78, 5) is 21.0. The van der Waals surface area contributed by atoms with Crippen molar-refractivity contribution in [2.24, 2.45) is 0 Å². The van der Waals surface area contributed by atoms with Gasteiger partial charge in [0.2, 0.25) is 0 Å². The van der Waals surface area contributed by atoms with Crippen molar-refractivity contribution in [2.45, 2.75) is 65.8 Å². The van der Waals surface area contributed by atoms with Crippen molar-refractivity contribution >= 4 is 12.3 Å². The van der Waals surface area contributed by atoms with Crippen molar-refractivity contribution < 1.29 is 43.9 Å². The lowest BCUT2D eigenvalue weighted by molar-refractivity contribution is -0.155. The molecule has 9 heteroatoms. The number of unbranched alkanes of at least 4 members (excludes halogenated alkanes) is 3. The second-order valence-corrected chi connectivity index (χ2v) is 6.45. The minimum atomic E-state index is -1.38. The molecule has 0 aliphatic rings. The van der Waals surface area contributed by atoms with Crippen LogP contribution in [-0.4, -0.2) is 73.5 Å². The van der Waals surface area contributed by atoms with Gasteiger partial charge in [0.05, 0.1) is 20.3 Å². The van der Waals surface area contributed by atoms with Crippen molar-refractivity contribution in [3.05, 3.63) is 23.8 Å². The molecule has 1 unspecified atom stereocenters. The van der Waals surface area contributed by atoms with E-state index in [0.29, 0.717) is 24.2 Å². The third-order valence-electron chi connectivity index (χ3n) is 3.83. The van der Waals surface area contributed by atoms with Crippen LogP contribution in [-0.2, 0) is 19.0 Å². The Kier molecular flexibility index (Phi) is 22.0. The monoisotopic (exact) mass is 460 g/mol. The number of aldehydes is 1. The van der Waals surface area contributed by atoms with Crippen molar-refractivity contribution in [1.82, 2.24) is 0 Å². The fourth-order valence-corrected chi connectivity index (χ4v) is 2.16. The second-order valence-electron chi connectivity index (χ2n) is 6.45. The number of methoxy groups -OCH3 is 1. The number of benzene rings is 1. The van der Waals surface area contributed by atoms with Gasteiger partial charge in [0.25, 0.3) is 0 Å². The predicted octanol–water partition coefficient (Wildman–Crippen LogP) is 3.08. The Morgan fingerprint density at radius 2 is 1.72 bits per heavy atom. The Labute approximate surface area is 191 Å². The van der Waals surface area contributed by atoms with Crippen LogP contribution in [0.2, 0.25) is 0 Å². The van der Waals surface area contributed by atoms with E-state index in [1.165, 1.54) is 25.3 Å². The minimum Gasteiger partial charge on any atom is -0.504 e. The molecular weight excluding hydrogens is 420 g/mol. The number of hydrogen-bond donors (Lipinski definition) is 3. The highest BCUT2D eigenvalue weighted by molar-refractivity contribution is 5.76. The first-order chi connectivity index (χ1) is 15.3. The lowest BCUT2D eigenvalue weighted by Crippen LogP contribution is -2.26. The molecule has 1 aromatic rings. The van der Waals surface area contributed by atoms with Gasteiger partial charge in [0.15, 0.2) is 23.9 Å². The first-order valence-electron chi connectivity index (χ1n) is 10.8. The summed E-state index contributed by atoms with van der Waals surface area (Å²) in [6, 6.07) is 4.41. The molecule has 0 fully saturated rings. The number of hydrogen-bond acceptors (Lipinski definition) is 9. The normalized spacial score (nSPS) is 10.9. The lowest BCUT2D eigenvalue weighted by atomic mass is 10.2. The molecule has 0 aliphatic carbocycles. The van der Waals surface area contributed by atoms with Crippen LogP contribution < -0.4 is 4.74 Å². The minimum absolute atomic E-state index is 0.0370. The molecule has 1 rings (SSSR count). The van der Waals surface area contributed by atoms with E-state index in [2.05, 4.69) is 6.92 Å². The van der Waals surface area contributed by atoms with E-state index in [0.717, 1.165) is 38.9 Å². The zero-order valence-corrected chi connectivity index (χ0v) is 19.9. The van der Waals surface area contributed by atoms with Crippen LogP contribution in [0.4, 0.5) is 0 Å². The Morgan fingerprint density at radius 3 is 2.19 bits per heavy atom. The number of ether oxygens (including phenoxy) is 4. The number of phenols is 1. The molecule has 0 saturated carbocycles. The van der Waals surface area contributed by atoms with Crippen LogP contribution in [0.1, 0.15) is 63.7 Å². The molecule has 0 amide bonds. The average molecular weight is 461 g/mol. The number of carbonyl (C=O) groups excluding carboxylic acids is 2. The summed E-state index contributed by atoms with van der Waals surface area (Å²) in [5.41, 5.74) is 0.486. The van der Waals surface area contributed by atoms with Crippen LogP contribution in [0.3, 0.4) is 0 Å². The number of carbonyl (C=O) groups is 2. The highest BCUT2D eigenvalue weighted by atomic mass is 16.7. The molecule has 0 spiro atoms. The van der Waals surface area contributed by atoms with E-state index in [1.54, 1.807) is 0 Å². The van der Waals surface area contributed by atoms with Crippen LogP contribution in [0, 0.1) is 0 Å². The van der Waals surface area contributed by atoms with Gasteiger partial charge in [0, 0.05) is 18.8 Å². The van der Waals surface area contributed by atoms with Crippen LogP contribution in [0.25, 0.3) is 0 Å². The lowest BCUT2D eigenvalue weighted by Gasteiger charge is -2.09. The van der Waals surface area contributed by atoms with Crippen molar-refractivity contribution in [3.63, 3.8) is 0 Å². The molecular formula is C23H40O9. The van der Waals surface area contributed by atoms with Gasteiger partial charge in [0.1, 0.15) is 6.29 Å². The molecule has 32 heavy (non-hydrogen) atoms. The summed E-state index contributed by atoms with van der Waals surface area (Å²) >= 11 is 0. The number of esters is 1. The molecule has 0 aromatic heterocycles. The third kappa shape index (κ3) is 17.5. The standard InChI is InChI=1S/C9H18O4.C8H8O3.C6H14O2/c1-2-3-4-5-6-13-9(12)8(11)7-10;1-11-8-4-6(5-9)2-3-7(8)10;1-4-7-6(3)8-5-2/h8,10-11H,2-7H2,1H3;2-5,10H,1H3;6H,4-5H2,1-3H3. The maximum atomic E-state index is 10.8. The summed E-state index contributed by atoms with van der Waals surface area (Å²) in [7, 11) is 1.43. The van der Waals surface area contributed by atoms with Gasteiger partial charge < -0.3 is 34.3 Å². The van der Waals surface area contributed by atoms with Gasteiger partial charge in [-0.1, -0.05) is 26.2 Å². The summed E-state index contributed by atoms with van der Waals surface area (Å²) in [6.45, 7) is 9.10. The summed E-state index contributed by atoms with van der Waals surface area (Å²) in [6.07, 6.45) is 3.38. The van der Waals surface area contributed by atoms with Crippen molar-refractivity contribution in [3.8, 4) is 11.5 Å². The highest BCUT2D eigenvalue weighted by Crippen LogP contribution is 2.25. The topological polar surface area (TPSA) is 132 Å². The second kappa shape index (κ2) is 22.0. The van der Waals surface area contributed by atoms with E-state index < -0.39 is 18.7 Å².